The van der Waals surface area contributed by atoms with Gasteiger partial charge < -0.3 is 9.47 Å². The zero-order valence-corrected chi connectivity index (χ0v) is 14.7. The van der Waals surface area contributed by atoms with E-state index in [1.54, 1.807) is 18.6 Å². The summed E-state index contributed by atoms with van der Waals surface area (Å²) in [4.78, 5) is 29.4. The van der Waals surface area contributed by atoms with Crippen molar-refractivity contribution in [2.45, 2.75) is 19.9 Å². The molecule has 24 heavy (non-hydrogen) atoms. The van der Waals surface area contributed by atoms with Gasteiger partial charge in [-0.05, 0) is 13.3 Å². The van der Waals surface area contributed by atoms with Crippen LogP contribution in [-0.2, 0) is 13.6 Å². The first kappa shape index (κ1) is 16.9. The van der Waals surface area contributed by atoms with E-state index in [0.717, 1.165) is 44.1 Å². The highest BCUT2D eigenvalue weighted by molar-refractivity contribution is 6.29. The summed E-state index contributed by atoms with van der Waals surface area (Å²) < 4.78 is 1.89. The van der Waals surface area contributed by atoms with Gasteiger partial charge in [-0.15, -0.1) is 0 Å². The van der Waals surface area contributed by atoms with E-state index in [4.69, 9.17) is 11.6 Å². The molecule has 0 bridgehead atoms. The van der Waals surface area contributed by atoms with Crippen LogP contribution in [0.25, 0.3) is 0 Å². The highest BCUT2D eigenvalue weighted by Crippen LogP contribution is 2.13. The average molecular weight is 349 g/mol. The molecule has 0 N–H and O–H groups in total. The van der Waals surface area contributed by atoms with Crippen LogP contribution < -0.4 is 0 Å². The number of hydrogen-bond donors (Lipinski definition) is 0. The molecule has 1 fully saturated rings. The molecule has 3 rings (SSSR count). The molecule has 7 nitrogen and oxygen atoms in total. The Morgan fingerprint density at radius 2 is 1.96 bits per heavy atom. The Morgan fingerprint density at radius 3 is 2.62 bits per heavy atom. The van der Waals surface area contributed by atoms with Crippen LogP contribution in [0.4, 0.5) is 0 Å². The monoisotopic (exact) mass is 348 g/mol. The number of nitrogens with zero attached hydrogens (tertiary/aromatic N) is 6. The maximum atomic E-state index is 12.6. The molecule has 1 aliphatic heterocycles. The van der Waals surface area contributed by atoms with Gasteiger partial charge in [0.25, 0.3) is 5.91 Å². The molecule has 128 valence electrons. The molecule has 1 saturated heterocycles. The molecule has 0 spiro atoms. The van der Waals surface area contributed by atoms with E-state index in [0.29, 0.717) is 17.4 Å². The summed E-state index contributed by atoms with van der Waals surface area (Å²) in [5.74, 6) is 0.883. The van der Waals surface area contributed by atoms with Crippen molar-refractivity contribution in [2.75, 3.05) is 26.2 Å². The van der Waals surface area contributed by atoms with E-state index in [2.05, 4.69) is 19.9 Å². The molecule has 1 amide bonds. The first-order chi connectivity index (χ1) is 11.5. The molecule has 0 aliphatic carbocycles. The van der Waals surface area contributed by atoms with Gasteiger partial charge >= 0.3 is 0 Å². The summed E-state index contributed by atoms with van der Waals surface area (Å²) in [6, 6.07) is 0. The van der Waals surface area contributed by atoms with Crippen molar-refractivity contribution < 1.29 is 4.79 Å². The van der Waals surface area contributed by atoms with Gasteiger partial charge in [-0.1, -0.05) is 11.6 Å². The minimum absolute atomic E-state index is 0.0515. The number of aromatic nitrogens is 4. The van der Waals surface area contributed by atoms with Gasteiger partial charge in [-0.3, -0.25) is 14.7 Å². The molecular formula is C16H21ClN6O. The van der Waals surface area contributed by atoms with Crippen molar-refractivity contribution in [1.29, 1.82) is 0 Å². The SMILES string of the molecule is Cc1cnc(C(=O)N2CCCN(Cc3ncc(Cl)n3C)CC2)cn1. The summed E-state index contributed by atoms with van der Waals surface area (Å²) in [5.41, 5.74) is 1.22. The quantitative estimate of drug-likeness (QED) is 0.841. The van der Waals surface area contributed by atoms with Crippen LogP contribution in [0.2, 0.25) is 5.15 Å². The van der Waals surface area contributed by atoms with E-state index >= 15 is 0 Å². The molecule has 2 aromatic rings. The number of halogens is 1. The minimum atomic E-state index is -0.0515. The van der Waals surface area contributed by atoms with Crippen molar-refractivity contribution in [3.63, 3.8) is 0 Å². The van der Waals surface area contributed by atoms with Crippen LogP contribution in [0.1, 0.15) is 28.4 Å². The molecule has 0 unspecified atom stereocenters. The van der Waals surface area contributed by atoms with E-state index < -0.39 is 0 Å². The van der Waals surface area contributed by atoms with Crippen molar-refractivity contribution in [3.05, 3.63) is 41.0 Å². The topological polar surface area (TPSA) is 67.2 Å². The molecule has 0 saturated carbocycles. The lowest BCUT2D eigenvalue weighted by molar-refractivity contribution is 0.0754. The Hall–Kier alpha value is -1.99. The maximum absolute atomic E-state index is 12.6. The average Bonchev–Trinajstić information content (AvgIpc) is 2.79. The van der Waals surface area contributed by atoms with E-state index in [-0.39, 0.29) is 5.91 Å². The highest BCUT2D eigenvalue weighted by Gasteiger charge is 2.22. The summed E-state index contributed by atoms with van der Waals surface area (Å²) >= 11 is 6.04. The van der Waals surface area contributed by atoms with E-state index in [1.165, 1.54) is 0 Å². The van der Waals surface area contributed by atoms with Gasteiger partial charge in [-0.25, -0.2) is 9.97 Å². The first-order valence-electron chi connectivity index (χ1n) is 8.01. The van der Waals surface area contributed by atoms with Crippen LogP contribution in [0, 0.1) is 6.92 Å². The van der Waals surface area contributed by atoms with Crippen molar-refractivity contribution >= 4 is 17.5 Å². The predicted molar refractivity (Wildman–Crippen MR) is 90.8 cm³/mol. The summed E-state index contributed by atoms with van der Waals surface area (Å²) in [6.07, 6.45) is 5.77. The van der Waals surface area contributed by atoms with Crippen LogP contribution in [0.15, 0.2) is 18.6 Å². The lowest BCUT2D eigenvalue weighted by Gasteiger charge is -2.21. The number of aryl methyl sites for hydroxylation is 1. The van der Waals surface area contributed by atoms with E-state index in [1.807, 2.05) is 23.4 Å². The molecule has 8 heteroatoms. The Labute approximate surface area is 146 Å². The Balaban J connectivity index is 1.61. The second-order valence-corrected chi connectivity index (χ2v) is 6.41. The minimum Gasteiger partial charge on any atom is -0.336 e. The molecular weight excluding hydrogens is 328 g/mol. The second kappa shape index (κ2) is 7.27. The summed E-state index contributed by atoms with van der Waals surface area (Å²) in [6.45, 7) is 5.71. The van der Waals surface area contributed by atoms with Gasteiger partial charge in [0.1, 0.15) is 16.7 Å². The molecule has 2 aromatic heterocycles. The van der Waals surface area contributed by atoms with Crippen molar-refractivity contribution in [1.82, 2.24) is 29.3 Å². The van der Waals surface area contributed by atoms with Crippen LogP contribution in [-0.4, -0.2) is 61.4 Å². The smallest absolute Gasteiger partial charge is 0.274 e. The van der Waals surface area contributed by atoms with Crippen molar-refractivity contribution in [3.8, 4) is 0 Å². The number of imidazole rings is 1. The standard InChI is InChI=1S/C16H21ClN6O/c1-12-8-19-13(9-18-12)16(24)23-5-3-4-22(6-7-23)11-15-20-10-14(17)21(15)2/h8-10H,3-7,11H2,1-2H3. The normalized spacial score (nSPS) is 16.2. The Kier molecular flexibility index (Phi) is 5.11. The zero-order chi connectivity index (χ0) is 17.1. The summed E-state index contributed by atoms with van der Waals surface area (Å²) in [7, 11) is 1.91. The third-order valence-corrected chi connectivity index (χ3v) is 4.62. The van der Waals surface area contributed by atoms with Crippen molar-refractivity contribution in [2.24, 2.45) is 7.05 Å². The van der Waals surface area contributed by atoms with Gasteiger partial charge in [0.15, 0.2) is 0 Å². The lowest BCUT2D eigenvalue weighted by Crippen LogP contribution is -2.35. The number of amides is 1. The fourth-order valence-corrected chi connectivity index (χ4v) is 2.91. The first-order valence-corrected chi connectivity index (χ1v) is 8.39. The number of carbonyl (C=O) groups is 1. The van der Waals surface area contributed by atoms with Gasteiger partial charge in [0.2, 0.25) is 0 Å². The largest absolute Gasteiger partial charge is 0.336 e. The fraction of sp³-hybridized carbons (Fsp3) is 0.500. The van der Waals surface area contributed by atoms with Crippen LogP contribution in [0.3, 0.4) is 0 Å². The highest BCUT2D eigenvalue weighted by atomic mass is 35.5. The second-order valence-electron chi connectivity index (χ2n) is 6.02. The van der Waals surface area contributed by atoms with E-state index in [9.17, 15) is 4.79 Å². The number of carbonyl (C=O) groups excluding carboxylic acids is 1. The third-order valence-electron chi connectivity index (χ3n) is 4.27. The number of rotatable bonds is 3. The molecule has 0 aromatic carbocycles. The fourth-order valence-electron chi connectivity index (χ4n) is 2.77. The molecule has 0 radical (unpaired) electrons. The maximum Gasteiger partial charge on any atom is 0.274 e. The molecule has 3 heterocycles. The van der Waals surface area contributed by atoms with Crippen LogP contribution >= 0.6 is 11.6 Å². The van der Waals surface area contributed by atoms with Gasteiger partial charge in [0.05, 0.1) is 24.6 Å². The molecule has 1 aliphatic rings. The lowest BCUT2D eigenvalue weighted by atomic mass is 10.3. The Bertz CT molecular complexity index is 714. The van der Waals surface area contributed by atoms with Gasteiger partial charge in [-0.2, -0.15) is 0 Å². The van der Waals surface area contributed by atoms with Crippen LogP contribution in [0.5, 0.6) is 0 Å². The third kappa shape index (κ3) is 3.73. The number of hydrogen-bond acceptors (Lipinski definition) is 5. The van der Waals surface area contributed by atoms with Gasteiger partial charge in [0, 0.05) is 39.4 Å². The molecule has 0 atom stereocenters. The summed E-state index contributed by atoms with van der Waals surface area (Å²) in [5, 5.41) is 0.634. The predicted octanol–water partition coefficient (Wildman–Crippen LogP) is 1.52. The Morgan fingerprint density at radius 1 is 1.12 bits per heavy atom. The zero-order valence-electron chi connectivity index (χ0n) is 13.9.